The highest BCUT2D eigenvalue weighted by Crippen LogP contribution is 2.21. The number of hydrogen-bond acceptors (Lipinski definition) is 5. The van der Waals surface area contributed by atoms with E-state index in [0.717, 1.165) is 13.1 Å². The van der Waals surface area contributed by atoms with Crippen LogP contribution >= 0.6 is 0 Å². The Morgan fingerprint density at radius 3 is 2.38 bits per heavy atom. The van der Waals surface area contributed by atoms with Crippen LogP contribution in [0.25, 0.3) is 0 Å². The Labute approximate surface area is 188 Å². The maximum absolute atomic E-state index is 12.9. The normalized spacial score (nSPS) is 22.2. The average Bonchev–Trinajstić information content (AvgIpc) is 3.23. The van der Waals surface area contributed by atoms with E-state index < -0.39 is 0 Å². The molecule has 4 heterocycles. The summed E-state index contributed by atoms with van der Waals surface area (Å²) in [5.74, 6) is 1.99. The summed E-state index contributed by atoms with van der Waals surface area (Å²) in [6.45, 7) is 9.27. The van der Waals surface area contributed by atoms with Crippen molar-refractivity contribution >= 4 is 11.8 Å². The van der Waals surface area contributed by atoms with Gasteiger partial charge in [-0.2, -0.15) is 0 Å². The lowest BCUT2D eigenvalue weighted by Crippen LogP contribution is -2.53. The van der Waals surface area contributed by atoms with Crippen LogP contribution in [0.5, 0.6) is 0 Å². The van der Waals surface area contributed by atoms with Crippen molar-refractivity contribution in [1.82, 2.24) is 19.3 Å². The van der Waals surface area contributed by atoms with E-state index in [1.807, 2.05) is 4.90 Å². The molecule has 0 N–H and O–H groups in total. The molecule has 2 saturated heterocycles. The first kappa shape index (κ1) is 22.3. The molecule has 0 radical (unpaired) electrons. The van der Waals surface area contributed by atoms with Crippen molar-refractivity contribution < 1.29 is 14.0 Å². The Morgan fingerprint density at radius 2 is 1.69 bits per heavy atom. The first-order valence-corrected chi connectivity index (χ1v) is 11.4. The Hall–Kier alpha value is -2.87. The van der Waals surface area contributed by atoms with Gasteiger partial charge in [-0.15, -0.1) is 0 Å². The number of pyridine rings is 1. The summed E-state index contributed by atoms with van der Waals surface area (Å²) < 4.78 is 7.26. The molecule has 0 aromatic carbocycles. The number of piperidine rings is 1. The highest BCUT2D eigenvalue weighted by Gasteiger charge is 2.29. The number of furan rings is 1. The fraction of sp³-hybridized carbons (Fsp3) is 0.542. The molecule has 32 heavy (non-hydrogen) atoms. The molecule has 2 aromatic rings. The zero-order valence-electron chi connectivity index (χ0n) is 18.9. The van der Waals surface area contributed by atoms with E-state index in [0.29, 0.717) is 50.3 Å². The third-order valence-corrected chi connectivity index (χ3v) is 6.34. The van der Waals surface area contributed by atoms with E-state index in [9.17, 15) is 14.4 Å². The van der Waals surface area contributed by atoms with E-state index >= 15 is 0 Å². The predicted molar refractivity (Wildman–Crippen MR) is 120 cm³/mol. The second kappa shape index (κ2) is 9.73. The minimum atomic E-state index is -0.152. The Kier molecular flexibility index (Phi) is 6.79. The van der Waals surface area contributed by atoms with E-state index in [2.05, 4.69) is 18.7 Å². The standard InChI is InChI=1S/C24H32N4O4/c1-18-13-19(2)15-28(14-18)23(30)17-25-9-11-26(12-10-25)24(31)21-7-6-20(32-21)16-27-8-4-3-5-22(27)29/h3-8,18-19H,9-17H2,1-2H3. The number of piperazine rings is 1. The quantitative estimate of drug-likeness (QED) is 0.708. The minimum Gasteiger partial charge on any atom is -0.454 e. The molecule has 8 heteroatoms. The lowest BCUT2D eigenvalue weighted by atomic mass is 9.92. The van der Waals surface area contributed by atoms with Gasteiger partial charge in [-0.3, -0.25) is 19.3 Å². The van der Waals surface area contributed by atoms with Crippen molar-refractivity contribution in [3.8, 4) is 0 Å². The number of amides is 2. The van der Waals surface area contributed by atoms with Gasteiger partial charge in [-0.05, 0) is 36.5 Å². The third kappa shape index (κ3) is 5.30. The molecule has 2 fully saturated rings. The highest BCUT2D eigenvalue weighted by atomic mass is 16.4. The van der Waals surface area contributed by atoms with Crippen LogP contribution in [0.4, 0.5) is 0 Å². The van der Waals surface area contributed by atoms with Crippen molar-refractivity contribution in [2.45, 2.75) is 26.8 Å². The lowest BCUT2D eigenvalue weighted by molar-refractivity contribution is -0.135. The van der Waals surface area contributed by atoms with E-state index in [-0.39, 0.29) is 29.7 Å². The fourth-order valence-corrected chi connectivity index (χ4v) is 4.76. The van der Waals surface area contributed by atoms with Gasteiger partial charge in [0.25, 0.3) is 11.5 Å². The van der Waals surface area contributed by atoms with Crippen molar-refractivity contribution in [2.75, 3.05) is 45.8 Å². The van der Waals surface area contributed by atoms with Crippen LogP contribution in [0.15, 0.2) is 45.7 Å². The fourth-order valence-electron chi connectivity index (χ4n) is 4.76. The SMILES string of the molecule is CC1CC(C)CN(C(=O)CN2CCN(C(=O)c3ccc(Cn4ccccc4=O)o3)CC2)C1. The maximum Gasteiger partial charge on any atom is 0.289 e. The number of carbonyl (C=O) groups is 2. The summed E-state index contributed by atoms with van der Waals surface area (Å²) in [7, 11) is 0. The van der Waals surface area contributed by atoms with Gasteiger partial charge in [0.1, 0.15) is 5.76 Å². The molecular formula is C24H32N4O4. The van der Waals surface area contributed by atoms with Crippen LogP contribution in [0, 0.1) is 11.8 Å². The van der Waals surface area contributed by atoms with Crippen LogP contribution in [-0.4, -0.2) is 76.9 Å². The van der Waals surface area contributed by atoms with E-state index in [4.69, 9.17) is 4.42 Å². The van der Waals surface area contributed by atoms with Crippen LogP contribution in [0.3, 0.4) is 0 Å². The van der Waals surface area contributed by atoms with Gasteiger partial charge in [-0.1, -0.05) is 19.9 Å². The molecule has 2 atom stereocenters. The summed E-state index contributed by atoms with van der Waals surface area (Å²) in [6.07, 6.45) is 2.87. The van der Waals surface area contributed by atoms with Gasteiger partial charge in [0, 0.05) is 51.5 Å². The molecule has 0 bridgehead atoms. The Balaban J connectivity index is 1.27. The number of likely N-dealkylation sites (tertiary alicyclic amines) is 1. The van der Waals surface area contributed by atoms with Crippen LogP contribution in [0.1, 0.15) is 36.6 Å². The molecule has 0 aliphatic carbocycles. The number of nitrogens with zero attached hydrogens (tertiary/aromatic N) is 4. The van der Waals surface area contributed by atoms with Gasteiger partial charge in [-0.25, -0.2) is 0 Å². The number of aromatic nitrogens is 1. The molecule has 2 aliphatic rings. The molecule has 0 spiro atoms. The first-order valence-electron chi connectivity index (χ1n) is 11.4. The van der Waals surface area contributed by atoms with Gasteiger partial charge >= 0.3 is 0 Å². The van der Waals surface area contributed by atoms with Gasteiger partial charge in [0.15, 0.2) is 5.76 Å². The number of rotatable bonds is 5. The molecule has 8 nitrogen and oxygen atoms in total. The van der Waals surface area contributed by atoms with Crippen LogP contribution < -0.4 is 5.56 Å². The second-order valence-corrected chi connectivity index (χ2v) is 9.25. The van der Waals surface area contributed by atoms with Gasteiger partial charge in [0.05, 0.1) is 13.1 Å². The smallest absolute Gasteiger partial charge is 0.289 e. The number of hydrogen-bond donors (Lipinski definition) is 0. The molecule has 2 unspecified atom stereocenters. The average molecular weight is 441 g/mol. The van der Waals surface area contributed by atoms with Crippen molar-refractivity contribution in [3.05, 3.63) is 58.4 Å². The van der Waals surface area contributed by atoms with E-state index in [1.54, 1.807) is 35.4 Å². The zero-order valence-corrected chi connectivity index (χ0v) is 18.9. The van der Waals surface area contributed by atoms with E-state index in [1.165, 1.54) is 17.1 Å². The zero-order chi connectivity index (χ0) is 22.7. The molecular weight excluding hydrogens is 408 g/mol. The van der Waals surface area contributed by atoms with Gasteiger partial charge in [0.2, 0.25) is 5.91 Å². The lowest BCUT2D eigenvalue weighted by Gasteiger charge is -2.38. The van der Waals surface area contributed by atoms with Crippen molar-refractivity contribution in [2.24, 2.45) is 11.8 Å². The molecule has 2 amide bonds. The summed E-state index contributed by atoms with van der Waals surface area (Å²) in [5.41, 5.74) is -0.115. The van der Waals surface area contributed by atoms with Crippen molar-refractivity contribution in [3.63, 3.8) is 0 Å². The second-order valence-electron chi connectivity index (χ2n) is 9.25. The summed E-state index contributed by atoms with van der Waals surface area (Å²) >= 11 is 0. The predicted octanol–water partition coefficient (Wildman–Crippen LogP) is 1.75. The summed E-state index contributed by atoms with van der Waals surface area (Å²) in [5, 5.41) is 0. The van der Waals surface area contributed by atoms with Crippen LogP contribution in [0.2, 0.25) is 0 Å². The molecule has 172 valence electrons. The number of carbonyl (C=O) groups excluding carboxylic acids is 2. The third-order valence-electron chi connectivity index (χ3n) is 6.34. The van der Waals surface area contributed by atoms with Crippen molar-refractivity contribution in [1.29, 1.82) is 0 Å². The summed E-state index contributed by atoms with van der Waals surface area (Å²) in [6, 6.07) is 8.37. The molecule has 4 rings (SSSR count). The maximum atomic E-state index is 12.9. The Bertz CT molecular complexity index is 995. The minimum absolute atomic E-state index is 0.115. The van der Waals surface area contributed by atoms with Gasteiger partial charge < -0.3 is 18.8 Å². The highest BCUT2D eigenvalue weighted by molar-refractivity contribution is 5.91. The first-order chi connectivity index (χ1) is 15.4. The largest absolute Gasteiger partial charge is 0.454 e. The topological polar surface area (TPSA) is 79.0 Å². The summed E-state index contributed by atoms with van der Waals surface area (Å²) in [4.78, 5) is 43.3. The molecule has 0 saturated carbocycles. The molecule has 2 aromatic heterocycles. The van der Waals surface area contributed by atoms with Crippen LogP contribution in [-0.2, 0) is 11.3 Å². The Morgan fingerprint density at radius 1 is 0.969 bits per heavy atom. The monoisotopic (exact) mass is 440 g/mol. The molecule has 2 aliphatic heterocycles.